The highest BCUT2D eigenvalue weighted by Gasteiger charge is 2.68. The summed E-state index contributed by atoms with van der Waals surface area (Å²) in [5, 5.41) is 9.07. The van der Waals surface area contributed by atoms with Crippen LogP contribution in [0.4, 0.5) is 0 Å². The molecular weight excluding hydrogens is 154 g/mol. The van der Waals surface area contributed by atoms with Crippen molar-refractivity contribution in [3.63, 3.8) is 0 Å². The van der Waals surface area contributed by atoms with E-state index < -0.39 is 0 Å². The minimum Gasteiger partial charge on any atom is -0.394 e. The number of aliphatic hydroxyl groups is 1. The van der Waals surface area contributed by atoms with Gasteiger partial charge in [0.15, 0.2) is 0 Å². The zero-order valence-electron chi connectivity index (χ0n) is 6.99. The van der Waals surface area contributed by atoms with Crippen molar-refractivity contribution in [2.45, 2.75) is 37.3 Å². The predicted molar refractivity (Wildman–Crippen MR) is 42.4 cm³/mol. The first-order valence-corrected chi connectivity index (χ1v) is 4.71. The zero-order chi connectivity index (χ0) is 8.34. The Balaban J connectivity index is 1.95. The van der Waals surface area contributed by atoms with Crippen molar-refractivity contribution in [2.75, 3.05) is 6.61 Å². The Kier molecular flexibility index (Phi) is 1.06. The maximum Gasteiger partial charge on any atom is 0.223 e. The average Bonchev–Trinajstić information content (AvgIpc) is 2.49. The second-order valence-electron chi connectivity index (χ2n) is 4.34. The summed E-state index contributed by atoms with van der Waals surface area (Å²) in [5.74, 6) is 0.996. The largest absolute Gasteiger partial charge is 0.394 e. The molecule has 2 aliphatic heterocycles. The van der Waals surface area contributed by atoms with Crippen molar-refractivity contribution in [3.05, 3.63) is 0 Å². The van der Waals surface area contributed by atoms with Crippen molar-refractivity contribution in [3.8, 4) is 0 Å². The van der Waals surface area contributed by atoms with Crippen molar-refractivity contribution in [1.29, 1.82) is 0 Å². The van der Waals surface area contributed by atoms with Crippen LogP contribution in [0.15, 0.2) is 0 Å². The van der Waals surface area contributed by atoms with Crippen molar-refractivity contribution >= 4 is 5.91 Å². The second-order valence-corrected chi connectivity index (χ2v) is 4.34. The van der Waals surface area contributed by atoms with Crippen LogP contribution in [-0.2, 0) is 4.79 Å². The molecule has 3 nitrogen and oxygen atoms in total. The van der Waals surface area contributed by atoms with Crippen molar-refractivity contribution in [2.24, 2.45) is 5.92 Å². The van der Waals surface area contributed by atoms with Gasteiger partial charge in [0.05, 0.1) is 12.6 Å². The lowest BCUT2D eigenvalue weighted by atomic mass is 10.1. The molecule has 1 aliphatic carbocycles. The fraction of sp³-hybridized carbons (Fsp3) is 0.889. The topological polar surface area (TPSA) is 40.5 Å². The third-order valence-electron chi connectivity index (χ3n) is 3.85. The van der Waals surface area contributed by atoms with Gasteiger partial charge in [-0.05, 0) is 25.2 Å². The first-order valence-electron chi connectivity index (χ1n) is 4.71. The molecule has 12 heavy (non-hydrogen) atoms. The summed E-state index contributed by atoms with van der Waals surface area (Å²) in [6.07, 6.45) is 4.01. The maximum absolute atomic E-state index is 11.5. The molecule has 1 N–H and O–H groups in total. The normalized spacial score (nSPS) is 49.4. The third-order valence-corrected chi connectivity index (χ3v) is 3.85. The third kappa shape index (κ3) is 0.565. The van der Waals surface area contributed by atoms with E-state index in [0.717, 1.165) is 18.8 Å². The van der Waals surface area contributed by atoms with Gasteiger partial charge < -0.3 is 10.0 Å². The van der Waals surface area contributed by atoms with Gasteiger partial charge in [0.2, 0.25) is 5.91 Å². The number of piperidine rings is 1. The lowest BCUT2D eigenvalue weighted by molar-refractivity contribution is -0.131. The van der Waals surface area contributed by atoms with Crippen LogP contribution >= 0.6 is 0 Å². The molecule has 0 bridgehead atoms. The molecule has 3 aliphatic rings. The fourth-order valence-corrected chi connectivity index (χ4v) is 3.24. The van der Waals surface area contributed by atoms with E-state index in [1.165, 1.54) is 6.42 Å². The van der Waals surface area contributed by atoms with E-state index in [0.29, 0.717) is 6.42 Å². The lowest BCUT2D eigenvalue weighted by Gasteiger charge is -2.26. The molecule has 3 fully saturated rings. The Hall–Kier alpha value is -0.570. The van der Waals surface area contributed by atoms with Gasteiger partial charge in [-0.1, -0.05) is 0 Å². The number of carbonyl (C=O) groups excluding carboxylic acids is 1. The van der Waals surface area contributed by atoms with Gasteiger partial charge in [0.25, 0.3) is 0 Å². The molecule has 3 atom stereocenters. The molecule has 2 heterocycles. The summed E-state index contributed by atoms with van der Waals surface area (Å²) < 4.78 is 0. The van der Waals surface area contributed by atoms with Crippen LogP contribution in [0.5, 0.6) is 0 Å². The highest BCUT2D eigenvalue weighted by Crippen LogP contribution is 2.63. The van der Waals surface area contributed by atoms with E-state index in [9.17, 15) is 4.79 Å². The highest BCUT2D eigenvalue weighted by molar-refractivity contribution is 5.81. The summed E-state index contributed by atoms with van der Waals surface area (Å²) >= 11 is 0. The van der Waals surface area contributed by atoms with Crippen LogP contribution < -0.4 is 0 Å². The number of hydrogen-bond acceptors (Lipinski definition) is 2. The van der Waals surface area contributed by atoms with Gasteiger partial charge in [-0.2, -0.15) is 0 Å². The van der Waals surface area contributed by atoms with Crippen LogP contribution in [0.1, 0.15) is 25.7 Å². The van der Waals surface area contributed by atoms with Crippen molar-refractivity contribution in [1.82, 2.24) is 4.90 Å². The number of nitrogens with zero attached hydrogens (tertiary/aromatic N) is 1. The molecule has 1 amide bonds. The first kappa shape index (κ1) is 6.89. The number of amides is 1. The summed E-state index contributed by atoms with van der Waals surface area (Å²) in [6.45, 7) is 0.157. The first-order chi connectivity index (χ1) is 5.78. The molecule has 0 aromatic heterocycles. The summed E-state index contributed by atoms with van der Waals surface area (Å²) in [6, 6.07) is 0.152. The van der Waals surface area contributed by atoms with E-state index in [1.807, 2.05) is 4.90 Å². The lowest BCUT2D eigenvalue weighted by Crippen LogP contribution is -2.41. The van der Waals surface area contributed by atoms with Crippen molar-refractivity contribution < 1.29 is 9.90 Å². The quantitative estimate of drug-likeness (QED) is 0.603. The Morgan fingerprint density at radius 2 is 2.50 bits per heavy atom. The summed E-state index contributed by atoms with van der Waals surface area (Å²) in [4.78, 5) is 13.5. The SMILES string of the molecule is O=C1CC[C@]23C[C@H]2C[C@H](CO)N13. The Bertz CT molecular complexity index is 253. The Morgan fingerprint density at radius 3 is 3.25 bits per heavy atom. The van der Waals surface area contributed by atoms with Crippen LogP contribution in [0, 0.1) is 5.92 Å². The highest BCUT2D eigenvalue weighted by atomic mass is 16.3. The predicted octanol–water partition coefficient (Wildman–Crippen LogP) is 0.132. The molecule has 2 saturated heterocycles. The van der Waals surface area contributed by atoms with Gasteiger partial charge in [-0.3, -0.25) is 4.79 Å². The maximum atomic E-state index is 11.5. The Morgan fingerprint density at radius 1 is 1.67 bits per heavy atom. The zero-order valence-corrected chi connectivity index (χ0v) is 6.99. The van der Waals surface area contributed by atoms with Gasteiger partial charge in [0, 0.05) is 12.0 Å². The standard InChI is InChI=1S/C9H13NO2/c11-5-7-3-6-4-9(6)2-1-8(12)10(7)9/h6-7,11H,1-5H2/t6-,7-,9+/m1/s1. The van der Waals surface area contributed by atoms with Crippen LogP contribution in [0.25, 0.3) is 0 Å². The number of aliphatic hydroxyl groups excluding tert-OH is 1. The Labute approximate surface area is 71.4 Å². The molecule has 3 heteroatoms. The molecule has 0 radical (unpaired) electrons. The number of carbonyl (C=O) groups is 1. The molecule has 3 rings (SSSR count). The molecule has 0 aromatic rings. The molecular formula is C9H13NO2. The minimum atomic E-state index is 0.152. The van der Waals surface area contributed by atoms with Gasteiger partial charge in [-0.15, -0.1) is 0 Å². The van der Waals surface area contributed by atoms with E-state index >= 15 is 0 Å². The monoisotopic (exact) mass is 167 g/mol. The molecule has 0 unspecified atom stereocenters. The number of hydrogen-bond donors (Lipinski definition) is 1. The van der Waals surface area contributed by atoms with E-state index in [1.54, 1.807) is 0 Å². The van der Waals surface area contributed by atoms with E-state index in [-0.39, 0.29) is 24.1 Å². The smallest absolute Gasteiger partial charge is 0.223 e. The fourth-order valence-electron chi connectivity index (χ4n) is 3.24. The van der Waals surface area contributed by atoms with Crippen LogP contribution in [-0.4, -0.2) is 34.1 Å². The van der Waals surface area contributed by atoms with Crippen LogP contribution in [0.3, 0.4) is 0 Å². The van der Waals surface area contributed by atoms with E-state index in [2.05, 4.69) is 0 Å². The van der Waals surface area contributed by atoms with Gasteiger partial charge >= 0.3 is 0 Å². The summed E-state index contributed by atoms with van der Waals surface area (Å²) in [7, 11) is 0. The van der Waals surface area contributed by atoms with E-state index in [4.69, 9.17) is 5.11 Å². The number of rotatable bonds is 1. The van der Waals surface area contributed by atoms with Gasteiger partial charge in [0.1, 0.15) is 0 Å². The van der Waals surface area contributed by atoms with Crippen LogP contribution in [0.2, 0.25) is 0 Å². The molecule has 1 spiro atoms. The molecule has 66 valence electrons. The minimum absolute atomic E-state index is 0.152. The average molecular weight is 167 g/mol. The molecule has 1 saturated carbocycles. The summed E-state index contributed by atoms with van der Waals surface area (Å²) in [5.41, 5.74) is 0.241. The molecule has 0 aromatic carbocycles. The van der Waals surface area contributed by atoms with Gasteiger partial charge in [-0.25, -0.2) is 0 Å². The second kappa shape index (κ2) is 1.84.